The van der Waals surface area contributed by atoms with Crippen molar-refractivity contribution in [3.05, 3.63) is 24.3 Å². The third-order valence-electron chi connectivity index (χ3n) is 3.07. The minimum Gasteiger partial charge on any atom is -0.486 e. The number of ether oxygens (including phenoxy) is 3. The van der Waals surface area contributed by atoms with Crippen molar-refractivity contribution in [1.29, 1.82) is 0 Å². The molecule has 1 aromatic carbocycles. The fourth-order valence-corrected chi connectivity index (χ4v) is 2.17. The van der Waals surface area contributed by atoms with Crippen molar-refractivity contribution in [2.24, 2.45) is 0 Å². The van der Waals surface area contributed by atoms with Crippen LogP contribution in [0.15, 0.2) is 18.2 Å². The zero-order valence-corrected chi connectivity index (χ0v) is 9.72. The predicted molar refractivity (Wildman–Crippen MR) is 62.4 cm³/mol. The van der Waals surface area contributed by atoms with E-state index in [2.05, 4.69) is 11.0 Å². The lowest BCUT2D eigenvalue weighted by molar-refractivity contribution is 0.00313. The van der Waals surface area contributed by atoms with Crippen molar-refractivity contribution in [3.63, 3.8) is 0 Å². The van der Waals surface area contributed by atoms with Crippen LogP contribution in [0.25, 0.3) is 0 Å². The van der Waals surface area contributed by atoms with Crippen LogP contribution >= 0.6 is 0 Å². The first-order valence-corrected chi connectivity index (χ1v) is 6.01. The van der Waals surface area contributed by atoms with E-state index in [1.165, 1.54) is 0 Å². The summed E-state index contributed by atoms with van der Waals surface area (Å²) in [6.45, 7) is 5.11. The third-order valence-corrected chi connectivity index (χ3v) is 3.07. The van der Waals surface area contributed by atoms with Gasteiger partial charge in [0.2, 0.25) is 0 Å². The molecular formula is C13H16NO3. The van der Waals surface area contributed by atoms with Crippen molar-refractivity contribution in [1.82, 2.24) is 4.90 Å². The maximum absolute atomic E-state index is 5.90. The molecule has 4 nitrogen and oxygen atoms in total. The Kier molecular flexibility index (Phi) is 3.16. The second-order valence-electron chi connectivity index (χ2n) is 4.34. The van der Waals surface area contributed by atoms with E-state index >= 15 is 0 Å². The number of hydrogen-bond donors (Lipinski definition) is 0. The molecular weight excluding hydrogens is 218 g/mol. The van der Waals surface area contributed by atoms with Crippen LogP contribution in [0.5, 0.6) is 11.5 Å². The molecule has 1 radical (unpaired) electrons. The molecule has 1 saturated heterocycles. The van der Waals surface area contributed by atoms with Gasteiger partial charge in [-0.15, -0.1) is 0 Å². The lowest BCUT2D eigenvalue weighted by Gasteiger charge is -2.33. The molecule has 1 atom stereocenters. The summed E-state index contributed by atoms with van der Waals surface area (Å²) < 4.78 is 16.9. The number of hydrogen-bond acceptors (Lipinski definition) is 4. The van der Waals surface area contributed by atoms with Crippen LogP contribution in [-0.2, 0) is 4.74 Å². The minimum atomic E-state index is 0.108. The molecule has 0 amide bonds. The smallest absolute Gasteiger partial charge is 0.162 e. The summed E-state index contributed by atoms with van der Waals surface area (Å²) in [4.78, 5) is 2.36. The Morgan fingerprint density at radius 3 is 3.06 bits per heavy atom. The van der Waals surface area contributed by atoms with Gasteiger partial charge in [-0.05, 0) is 18.2 Å². The first kappa shape index (κ1) is 10.9. The highest BCUT2D eigenvalue weighted by Crippen LogP contribution is 2.30. The second-order valence-corrected chi connectivity index (χ2v) is 4.34. The van der Waals surface area contributed by atoms with E-state index in [9.17, 15) is 0 Å². The van der Waals surface area contributed by atoms with E-state index in [0.717, 1.165) is 44.3 Å². The average Bonchev–Trinajstić information content (AvgIpc) is 2.40. The Morgan fingerprint density at radius 2 is 2.18 bits per heavy atom. The molecule has 1 unspecified atom stereocenters. The summed E-state index contributed by atoms with van der Waals surface area (Å²) >= 11 is 0. The molecule has 0 spiro atoms. The average molecular weight is 234 g/mol. The Balaban J connectivity index is 1.60. The molecule has 0 aliphatic carbocycles. The van der Waals surface area contributed by atoms with Gasteiger partial charge >= 0.3 is 0 Å². The molecule has 1 aromatic rings. The molecule has 2 aliphatic heterocycles. The SMILES string of the molecule is [c]1ccc2c(c1)OC(CN1CCOCC1)CO2. The molecule has 17 heavy (non-hydrogen) atoms. The van der Waals surface area contributed by atoms with Gasteiger partial charge in [0.05, 0.1) is 13.2 Å². The third kappa shape index (κ3) is 2.53. The van der Waals surface area contributed by atoms with Crippen LogP contribution < -0.4 is 9.47 Å². The van der Waals surface area contributed by atoms with E-state index in [1.54, 1.807) is 0 Å². The molecule has 0 saturated carbocycles. The highest BCUT2D eigenvalue weighted by molar-refractivity contribution is 5.40. The summed E-state index contributed by atoms with van der Waals surface area (Å²) in [5.41, 5.74) is 0. The Labute approximate surface area is 101 Å². The molecule has 1 fully saturated rings. The van der Waals surface area contributed by atoms with Gasteiger partial charge in [-0.1, -0.05) is 6.07 Å². The van der Waals surface area contributed by atoms with E-state index in [0.29, 0.717) is 6.61 Å². The van der Waals surface area contributed by atoms with Gasteiger partial charge in [0.25, 0.3) is 0 Å². The molecule has 4 heteroatoms. The first-order chi connectivity index (χ1) is 8.42. The second kappa shape index (κ2) is 4.94. The maximum Gasteiger partial charge on any atom is 0.162 e. The molecule has 2 aliphatic rings. The normalized spacial score (nSPS) is 24.6. The van der Waals surface area contributed by atoms with Gasteiger partial charge in [-0.3, -0.25) is 4.90 Å². The zero-order chi connectivity index (χ0) is 11.5. The van der Waals surface area contributed by atoms with Gasteiger partial charge in [0, 0.05) is 19.6 Å². The Bertz CT molecular complexity index is 377. The first-order valence-electron chi connectivity index (χ1n) is 6.01. The Hall–Kier alpha value is -1.26. The van der Waals surface area contributed by atoms with E-state index < -0.39 is 0 Å². The minimum absolute atomic E-state index is 0.108. The summed E-state index contributed by atoms with van der Waals surface area (Å²) in [5.74, 6) is 1.62. The molecule has 0 N–H and O–H groups in total. The van der Waals surface area contributed by atoms with Gasteiger partial charge in [-0.2, -0.15) is 0 Å². The maximum atomic E-state index is 5.90. The summed E-state index contributed by atoms with van der Waals surface area (Å²) in [5, 5.41) is 0. The highest BCUT2D eigenvalue weighted by Gasteiger charge is 2.23. The fourth-order valence-electron chi connectivity index (χ4n) is 2.17. The monoisotopic (exact) mass is 234 g/mol. The van der Waals surface area contributed by atoms with Crippen molar-refractivity contribution in [2.75, 3.05) is 39.5 Å². The van der Waals surface area contributed by atoms with Crippen LogP contribution in [0.3, 0.4) is 0 Å². The van der Waals surface area contributed by atoms with Crippen LogP contribution in [0.1, 0.15) is 0 Å². The zero-order valence-electron chi connectivity index (χ0n) is 9.72. The van der Waals surface area contributed by atoms with Crippen LogP contribution in [0.2, 0.25) is 0 Å². The predicted octanol–water partition coefficient (Wildman–Crippen LogP) is 0.959. The largest absolute Gasteiger partial charge is 0.486 e. The van der Waals surface area contributed by atoms with Crippen molar-refractivity contribution >= 4 is 0 Å². The van der Waals surface area contributed by atoms with Crippen molar-refractivity contribution < 1.29 is 14.2 Å². The molecule has 0 bridgehead atoms. The van der Waals surface area contributed by atoms with Crippen molar-refractivity contribution in [3.8, 4) is 11.5 Å². The van der Waals surface area contributed by atoms with E-state index in [-0.39, 0.29) is 6.10 Å². The van der Waals surface area contributed by atoms with Crippen LogP contribution in [0.4, 0.5) is 0 Å². The van der Waals surface area contributed by atoms with Gasteiger partial charge in [0.1, 0.15) is 12.7 Å². The van der Waals surface area contributed by atoms with Gasteiger partial charge in [-0.25, -0.2) is 0 Å². The lowest BCUT2D eigenvalue weighted by Crippen LogP contribution is -2.45. The number of nitrogens with zero attached hydrogens (tertiary/aromatic N) is 1. The summed E-state index contributed by atoms with van der Waals surface area (Å²) in [7, 11) is 0. The van der Waals surface area contributed by atoms with E-state index in [1.807, 2.05) is 18.2 Å². The van der Waals surface area contributed by atoms with Crippen molar-refractivity contribution in [2.45, 2.75) is 6.10 Å². The highest BCUT2D eigenvalue weighted by atomic mass is 16.6. The molecule has 3 rings (SSSR count). The van der Waals surface area contributed by atoms with Gasteiger partial charge < -0.3 is 14.2 Å². The number of benzene rings is 1. The lowest BCUT2D eigenvalue weighted by atomic mass is 10.2. The number of fused-ring (bicyclic) bond motifs is 1. The quantitative estimate of drug-likeness (QED) is 0.762. The molecule has 91 valence electrons. The Morgan fingerprint density at radius 1 is 1.29 bits per heavy atom. The van der Waals surface area contributed by atoms with Crippen LogP contribution in [0, 0.1) is 6.07 Å². The van der Waals surface area contributed by atoms with Crippen LogP contribution in [-0.4, -0.2) is 50.5 Å². The number of morpholine rings is 1. The fraction of sp³-hybridized carbons (Fsp3) is 0.538. The molecule has 2 heterocycles. The summed E-state index contributed by atoms with van der Waals surface area (Å²) in [6, 6.07) is 8.57. The number of rotatable bonds is 2. The van der Waals surface area contributed by atoms with Gasteiger partial charge in [0.15, 0.2) is 11.5 Å². The topological polar surface area (TPSA) is 30.9 Å². The van der Waals surface area contributed by atoms with E-state index in [4.69, 9.17) is 14.2 Å². The standard InChI is InChI=1S/C13H16NO3/c1-2-4-13-12(3-1)16-10-11(17-13)9-14-5-7-15-8-6-14/h1,3-4,11H,5-10H2. The summed E-state index contributed by atoms with van der Waals surface area (Å²) in [6.07, 6.45) is 0.108. The molecule has 0 aromatic heterocycles.